The first kappa shape index (κ1) is 19.4. The fraction of sp³-hybridized carbons (Fsp3) is 0.125. The zero-order chi connectivity index (χ0) is 21.1. The Balaban J connectivity index is 1.60. The average Bonchev–Trinajstić information content (AvgIpc) is 3.09. The Labute approximate surface area is 174 Å². The highest BCUT2D eigenvalue weighted by Crippen LogP contribution is 2.44. The minimum Gasteiger partial charge on any atom is -0.478 e. The highest BCUT2D eigenvalue weighted by Gasteiger charge is 2.30. The van der Waals surface area contributed by atoms with Crippen LogP contribution in [0.15, 0.2) is 79.5 Å². The molecule has 6 heteroatoms. The summed E-state index contributed by atoms with van der Waals surface area (Å²) >= 11 is 0. The summed E-state index contributed by atoms with van der Waals surface area (Å²) in [5, 5.41) is 9.44. The first-order valence-corrected chi connectivity index (χ1v) is 9.53. The second-order valence-corrected chi connectivity index (χ2v) is 6.88. The van der Waals surface area contributed by atoms with Crippen LogP contribution in [0.25, 0.3) is 11.1 Å². The minimum atomic E-state index is -1.17. The van der Waals surface area contributed by atoms with Crippen LogP contribution >= 0.6 is 0 Å². The molecule has 1 amide bonds. The predicted molar refractivity (Wildman–Crippen MR) is 114 cm³/mol. The number of fused-ring (bicyclic) bond motifs is 3. The summed E-state index contributed by atoms with van der Waals surface area (Å²) in [7, 11) is 0. The van der Waals surface area contributed by atoms with Gasteiger partial charge in [-0.25, -0.2) is 14.6 Å². The second kappa shape index (κ2) is 8.21. The van der Waals surface area contributed by atoms with E-state index in [1.807, 2.05) is 36.4 Å². The van der Waals surface area contributed by atoms with Gasteiger partial charge in [-0.3, -0.25) is 4.90 Å². The van der Waals surface area contributed by atoms with Crippen molar-refractivity contribution in [3.05, 3.63) is 96.2 Å². The standard InChI is InChI=1S/C24H20N2O4/c1-2-14-26(22-20(23(27)28)12-7-13-25-22)24(29)30-15-21-18-10-5-3-8-16(18)17-9-4-6-11-19(17)21/h2-13,21H,1,14-15H2,(H,27,28). The molecule has 150 valence electrons. The molecule has 1 N–H and O–H groups in total. The van der Waals surface area contributed by atoms with Crippen LogP contribution in [0.5, 0.6) is 0 Å². The van der Waals surface area contributed by atoms with E-state index in [0.717, 1.165) is 22.3 Å². The number of aromatic carboxylic acids is 1. The lowest BCUT2D eigenvalue weighted by atomic mass is 9.98. The van der Waals surface area contributed by atoms with Gasteiger partial charge in [0.1, 0.15) is 12.2 Å². The lowest BCUT2D eigenvalue weighted by molar-refractivity contribution is 0.0697. The fourth-order valence-corrected chi connectivity index (χ4v) is 3.83. The number of carboxylic acids is 1. The number of benzene rings is 2. The summed E-state index contributed by atoms with van der Waals surface area (Å²) in [6.45, 7) is 3.87. The molecule has 0 spiro atoms. The van der Waals surface area contributed by atoms with Gasteiger partial charge in [0, 0.05) is 18.7 Å². The van der Waals surface area contributed by atoms with Crippen LogP contribution in [-0.2, 0) is 4.74 Å². The van der Waals surface area contributed by atoms with E-state index in [-0.39, 0.29) is 30.5 Å². The van der Waals surface area contributed by atoms with E-state index in [0.29, 0.717) is 0 Å². The molecule has 4 rings (SSSR count). The van der Waals surface area contributed by atoms with Gasteiger partial charge >= 0.3 is 12.1 Å². The molecule has 1 aliphatic carbocycles. The van der Waals surface area contributed by atoms with E-state index in [9.17, 15) is 14.7 Å². The van der Waals surface area contributed by atoms with Crippen LogP contribution < -0.4 is 4.90 Å². The topological polar surface area (TPSA) is 79.7 Å². The fourth-order valence-electron chi connectivity index (χ4n) is 3.83. The molecule has 1 heterocycles. The number of anilines is 1. The van der Waals surface area contributed by atoms with Crippen molar-refractivity contribution in [3.8, 4) is 11.1 Å². The molecule has 6 nitrogen and oxygen atoms in total. The molecule has 0 unspecified atom stereocenters. The highest BCUT2D eigenvalue weighted by molar-refractivity contribution is 5.98. The number of carbonyl (C=O) groups excluding carboxylic acids is 1. The van der Waals surface area contributed by atoms with E-state index in [4.69, 9.17) is 4.74 Å². The van der Waals surface area contributed by atoms with Gasteiger partial charge in [-0.05, 0) is 34.4 Å². The summed E-state index contributed by atoms with van der Waals surface area (Å²) in [6.07, 6.45) is 2.27. The molecular weight excluding hydrogens is 380 g/mol. The van der Waals surface area contributed by atoms with Crippen LogP contribution in [0.4, 0.5) is 10.6 Å². The number of hydrogen-bond acceptors (Lipinski definition) is 4. The smallest absolute Gasteiger partial charge is 0.415 e. The van der Waals surface area contributed by atoms with Gasteiger partial charge in [-0.2, -0.15) is 0 Å². The third-order valence-electron chi connectivity index (χ3n) is 5.14. The van der Waals surface area contributed by atoms with Crippen LogP contribution in [-0.4, -0.2) is 35.3 Å². The molecule has 0 bridgehead atoms. The maximum atomic E-state index is 12.9. The molecule has 0 atom stereocenters. The number of carbonyl (C=O) groups is 2. The largest absolute Gasteiger partial charge is 0.478 e. The van der Waals surface area contributed by atoms with Crippen molar-refractivity contribution >= 4 is 17.9 Å². The molecule has 0 fully saturated rings. The average molecular weight is 400 g/mol. The van der Waals surface area contributed by atoms with Crippen molar-refractivity contribution in [1.29, 1.82) is 0 Å². The van der Waals surface area contributed by atoms with E-state index in [1.165, 1.54) is 29.3 Å². The van der Waals surface area contributed by atoms with Gasteiger partial charge in [0.05, 0.1) is 0 Å². The Kier molecular flexibility index (Phi) is 5.30. The molecule has 0 saturated carbocycles. The van der Waals surface area contributed by atoms with Gasteiger partial charge in [0.15, 0.2) is 5.82 Å². The first-order chi connectivity index (χ1) is 14.6. The summed E-state index contributed by atoms with van der Waals surface area (Å²) in [5.41, 5.74) is 4.40. The zero-order valence-electron chi connectivity index (χ0n) is 16.2. The quantitative estimate of drug-likeness (QED) is 0.606. The molecule has 0 saturated heterocycles. The van der Waals surface area contributed by atoms with E-state index >= 15 is 0 Å². The molecule has 3 aromatic rings. The number of nitrogens with zero attached hydrogens (tertiary/aromatic N) is 2. The monoisotopic (exact) mass is 400 g/mol. The number of carboxylic acid groups (broad SMARTS) is 1. The van der Waals surface area contributed by atoms with E-state index in [2.05, 4.69) is 23.7 Å². The maximum absolute atomic E-state index is 12.9. The molecule has 30 heavy (non-hydrogen) atoms. The predicted octanol–water partition coefficient (Wildman–Crippen LogP) is 4.72. The second-order valence-electron chi connectivity index (χ2n) is 6.88. The molecular formula is C24H20N2O4. The van der Waals surface area contributed by atoms with E-state index < -0.39 is 12.1 Å². The molecule has 1 aliphatic rings. The van der Waals surface area contributed by atoms with Gasteiger partial charge in [0.2, 0.25) is 0 Å². The number of amides is 1. The van der Waals surface area contributed by atoms with Crippen molar-refractivity contribution in [2.45, 2.75) is 5.92 Å². The van der Waals surface area contributed by atoms with Crippen molar-refractivity contribution < 1.29 is 19.4 Å². The Hall–Kier alpha value is -3.93. The molecule has 0 aliphatic heterocycles. The Morgan fingerprint density at radius 3 is 2.27 bits per heavy atom. The number of pyridine rings is 1. The van der Waals surface area contributed by atoms with Crippen molar-refractivity contribution in [2.24, 2.45) is 0 Å². The Morgan fingerprint density at radius 2 is 1.67 bits per heavy atom. The van der Waals surface area contributed by atoms with Gasteiger partial charge in [-0.15, -0.1) is 6.58 Å². The normalized spacial score (nSPS) is 12.0. The highest BCUT2D eigenvalue weighted by atomic mass is 16.6. The summed E-state index contributed by atoms with van der Waals surface area (Å²) in [4.78, 5) is 29.7. The van der Waals surface area contributed by atoms with Crippen LogP contribution in [0.1, 0.15) is 27.4 Å². The minimum absolute atomic E-state index is 0.0297. The third-order valence-corrected chi connectivity index (χ3v) is 5.14. The van der Waals surface area contributed by atoms with Crippen LogP contribution in [0.2, 0.25) is 0 Å². The number of rotatable bonds is 6. The number of hydrogen-bond donors (Lipinski definition) is 1. The van der Waals surface area contributed by atoms with Crippen LogP contribution in [0.3, 0.4) is 0 Å². The van der Waals surface area contributed by atoms with E-state index in [1.54, 1.807) is 0 Å². The summed E-state index contributed by atoms with van der Waals surface area (Å²) < 4.78 is 5.65. The van der Waals surface area contributed by atoms with Gasteiger partial charge in [-0.1, -0.05) is 54.6 Å². The number of ether oxygens (including phenoxy) is 1. The summed E-state index contributed by atoms with van der Waals surface area (Å²) in [5.74, 6) is -1.23. The van der Waals surface area contributed by atoms with Gasteiger partial charge in [0.25, 0.3) is 0 Å². The maximum Gasteiger partial charge on any atom is 0.415 e. The SMILES string of the molecule is C=CCN(C(=O)OCC1c2ccccc2-c2ccccc21)c1ncccc1C(=O)O. The third kappa shape index (κ3) is 3.43. The van der Waals surface area contributed by atoms with Crippen molar-refractivity contribution in [1.82, 2.24) is 4.98 Å². The first-order valence-electron chi connectivity index (χ1n) is 9.53. The zero-order valence-corrected chi connectivity index (χ0v) is 16.2. The van der Waals surface area contributed by atoms with Crippen molar-refractivity contribution in [2.75, 3.05) is 18.1 Å². The molecule has 2 aromatic carbocycles. The lowest BCUT2D eigenvalue weighted by Crippen LogP contribution is -2.34. The Morgan fingerprint density at radius 1 is 1.03 bits per heavy atom. The van der Waals surface area contributed by atoms with Crippen molar-refractivity contribution in [3.63, 3.8) is 0 Å². The number of aromatic nitrogens is 1. The molecule has 0 radical (unpaired) electrons. The lowest BCUT2D eigenvalue weighted by Gasteiger charge is -2.22. The van der Waals surface area contributed by atoms with Gasteiger partial charge < -0.3 is 9.84 Å². The Bertz CT molecular complexity index is 1080. The van der Waals surface area contributed by atoms with Crippen LogP contribution in [0, 0.1) is 0 Å². The summed E-state index contributed by atoms with van der Waals surface area (Å²) in [6, 6.07) is 19.0. The molecule has 1 aromatic heterocycles.